The van der Waals surface area contributed by atoms with Gasteiger partial charge in [0.25, 0.3) is 0 Å². The number of urea groups is 1. The van der Waals surface area contributed by atoms with E-state index in [1.54, 1.807) is 11.3 Å². The van der Waals surface area contributed by atoms with E-state index < -0.39 is 0 Å². The first-order valence-electron chi connectivity index (χ1n) is 7.72. The van der Waals surface area contributed by atoms with Crippen LogP contribution >= 0.6 is 22.7 Å². The molecule has 0 unspecified atom stereocenters. The number of hydrogen-bond donors (Lipinski definition) is 2. The molecule has 5 nitrogen and oxygen atoms in total. The zero-order chi connectivity index (χ0) is 16.8. The Kier molecular flexibility index (Phi) is 5.55. The summed E-state index contributed by atoms with van der Waals surface area (Å²) in [7, 11) is 0. The molecule has 0 saturated carbocycles. The minimum absolute atomic E-state index is 0.0155. The fourth-order valence-corrected chi connectivity index (χ4v) is 3.93. The Morgan fingerprint density at radius 1 is 1.17 bits per heavy atom. The predicted molar refractivity (Wildman–Crippen MR) is 98.7 cm³/mol. The van der Waals surface area contributed by atoms with Crippen LogP contribution in [-0.2, 0) is 6.42 Å². The largest absolute Gasteiger partial charge is 0.330 e. The topological polar surface area (TPSA) is 66.9 Å². The lowest BCUT2D eigenvalue weighted by atomic mass is 10.2. The number of benzene rings is 1. The van der Waals surface area contributed by atoms with Gasteiger partial charge in [0.15, 0.2) is 0 Å². The number of aromatic nitrogens is 2. The first-order chi connectivity index (χ1) is 11.7. The third kappa shape index (κ3) is 4.39. The molecule has 2 amide bonds. The van der Waals surface area contributed by atoms with E-state index in [2.05, 4.69) is 20.8 Å². The second kappa shape index (κ2) is 8.03. The Labute approximate surface area is 148 Å². The lowest BCUT2D eigenvalue weighted by molar-refractivity contribution is 0.248. The van der Waals surface area contributed by atoms with E-state index in [1.165, 1.54) is 16.9 Å². The zero-order valence-corrected chi connectivity index (χ0v) is 14.9. The minimum Gasteiger partial charge on any atom is -0.330 e. The van der Waals surface area contributed by atoms with Gasteiger partial charge >= 0.3 is 6.03 Å². The maximum atomic E-state index is 12.2. The van der Waals surface area contributed by atoms with E-state index >= 15 is 0 Å². The average Bonchev–Trinajstić information content (AvgIpc) is 3.26. The molecule has 0 fully saturated rings. The molecule has 2 N–H and O–H groups in total. The molecular weight excluding hydrogens is 340 g/mol. The molecule has 1 aromatic carbocycles. The Morgan fingerprint density at radius 2 is 2.00 bits per heavy atom. The fraction of sp³-hybridized carbons (Fsp3) is 0.235. The Hall–Kier alpha value is -2.25. The van der Waals surface area contributed by atoms with Crippen molar-refractivity contribution in [2.45, 2.75) is 25.8 Å². The van der Waals surface area contributed by atoms with E-state index in [0.717, 1.165) is 16.3 Å². The summed E-state index contributed by atoms with van der Waals surface area (Å²) in [6.45, 7) is 2.05. The Balaban J connectivity index is 1.57. The normalized spacial score (nSPS) is 11.9. The van der Waals surface area contributed by atoms with Crippen molar-refractivity contribution < 1.29 is 4.79 Å². The van der Waals surface area contributed by atoms with Gasteiger partial charge in [0.1, 0.15) is 5.01 Å². The highest BCUT2D eigenvalue weighted by Crippen LogP contribution is 2.22. The molecule has 7 heteroatoms. The summed E-state index contributed by atoms with van der Waals surface area (Å²) >= 11 is 3.04. The SMILES string of the molecule is CC[C@@H](NC(=O)Nc1nnc(Cc2ccccc2)s1)c1cccs1. The molecular formula is C17H18N4OS2. The summed E-state index contributed by atoms with van der Waals surface area (Å²) in [6.07, 6.45) is 1.55. The third-order valence-electron chi connectivity index (χ3n) is 3.49. The van der Waals surface area contributed by atoms with Gasteiger partial charge in [-0.3, -0.25) is 5.32 Å². The van der Waals surface area contributed by atoms with Crippen molar-refractivity contribution in [3.63, 3.8) is 0 Å². The van der Waals surface area contributed by atoms with Crippen LogP contribution in [0.3, 0.4) is 0 Å². The van der Waals surface area contributed by atoms with E-state index in [-0.39, 0.29) is 12.1 Å². The van der Waals surface area contributed by atoms with Crippen LogP contribution in [0.1, 0.15) is 34.8 Å². The number of rotatable bonds is 6. The summed E-state index contributed by atoms with van der Waals surface area (Å²) in [5.41, 5.74) is 1.17. The molecule has 0 radical (unpaired) electrons. The zero-order valence-electron chi connectivity index (χ0n) is 13.2. The van der Waals surface area contributed by atoms with E-state index in [9.17, 15) is 4.79 Å². The van der Waals surface area contributed by atoms with Crippen LogP contribution in [0.15, 0.2) is 47.8 Å². The molecule has 0 aliphatic carbocycles. The van der Waals surface area contributed by atoms with Crippen molar-refractivity contribution in [1.82, 2.24) is 15.5 Å². The number of amides is 2. The molecule has 3 rings (SSSR count). The number of nitrogens with zero attached hydrogens (tertiary/aromatic N) is 2. The smallest absolute Gasteiger partial charge is 0.321 e. The van der Waals surface area contributed by atoms with Gasteiger partial charge < -0.3 is 5.32 Å². The molecule has 124 valence electrons. The summed E-state index contributed by atoms with van der Waals surface area (Å²) in [6, 6.07) is 13.9. The third-order valence-corrected chi connectivity index (χ3v) is 5.31. The van der Waals surface area contributed by atoms with Gasteiger partial charge in [-0.05, 0) is 23.4 Å². The molecule has 0 aliphatic heterocycles. The molecule has 0 spiro atoms. The first-order valence-corrected chi connectivity index (χ1v) is 9.41. The standard InChI is InChI=1S/C17H18N4OS2/c1-2-13(14-9-6-10-23-14)18-16(22)19-17-21-20-15(24-17)11-12-7-4-3-5-8-12/h3-10,13H,2,11H2,1H3,(H2,18,19,21,22)/t13-/m1/s1. The van der Waals surface area contributed by atoms with Crippen LogP contribution in [0.25, 0.3) is 0 Å². The summed E-state index contributed by atoms with van der Waals surface area (Å²) < 4.78 is 0. The maximum absolute atomic E-state index is 12.2. The number of carbonyl (C=O) groups excluding carboxylic acids is 1. The van der Waals surface area contributed by atoms with Crippen molar-refractivity contribution in [1.29, 1.82) is 0 Å². The van der Waals surface area contributed by atoms with Crippen molar-refractivity contribution in [2.24, 2.45) is 0 Å². The van der Waals surface area contributed by atoms with Gasteiger partial charge in [-0.25, -0.2) is 4.79 Å². The predicted octanol–water partition coefficient (Wildman–Crippen LogP) is 4.46. The summed E-state index contributed by atoms with van der Waals surface area (Å²) in [5, 5.41) is 17.3. The molecule has 3 aromatic rings. The van der Waals surface area contributed by atoms with E-state index in [0.29, 0.717) is 11.6 Å². The Bertz CT molecular complexity index is 771. The lowest BCUT2D eigenvalue weighted by Crippen LogP contribution is -2.31. The highest BCUT2D eigenvalue weighted by atomic mass is 32.1. The van der Waals surface area contributed by atoms with Gasteiger partial charge in [0.2, 0.25) is 5.13 Å². The van der Waals surface area contributed by atoms with Crippen LogP contribution in [0.5, 0.6) is 0 Å². The number of nitrogens with one attached hydrogen (secondary N) is 2. The van der Waals surface area contributed by atoms with Crippen molar-refractivity contribution in [3.05, 3.63) is 63.3 Å². The Morgan fingerprint density at radius 3 is 2.71 bits per heavy atom. The first kappa shape index (κ1) is 16.6. The molecule has 1 atom stereocenters. The number of thiophene rings is 1. The second-order valence-corrected chi connectivity index (χ2v) is 7.28. The number of hydrogen-bond acceptors (Lipinski definition) is 5. The average molecular weight is 358 g/mol. The maximum Gasteiger partial charge on any atom is 0.321 e. The van der Waals surface area contributed by atoms with Crippen LogP contribution in [-0.4, -0.2) is 16.2 Å². The van der Waals surface area contributed by atoms with E-state index in [4.69, 9.17) is 0 Å². The van der Waals surface area contributed by atoms with Crippen LogP contribution in [0.4, 0.5) is 9.93 Å². The molecule has 24 heavy (non-hydrogen) atoms. The summed E-state index contributed by atoms with van der Waals surface area (Å²) in [5.74, 6) is 0. The van der Waals surface area contributed by atoms with Crippen molar-refractivity contribution in [2.75, 3.05) is 5.32 Å². The highest BCUT2D eigenvalue weighted by Gasteiger charge is 2.15. The second-order valence-electron chi connectivity index (χ2n) is 5.24. The monoisotopic (exact) mass is 358 g/mol. The number of carbonyl (C=O) groups is 1. The van der Waals surface area contributed by atoms with Gasteiger partial charge in [-0.2, -0.15) is 0 Å². The fourth-order valence-electron chi connectivity index (χ4n) is 2.30. The quantitative estimate of drug-likeness (QED) is 0.683. The van der Waals surface area contributed by atoms with E-state index in [1.807, 2.05) is 54.8 Å². The van der Waals surface area contributed by atoms with Crippen molar-refractivity contribution in [3.8, 4) is 0 Å². The van der Waals surface area contributed by atoms with Gasteiger partial charge in [-0.15, -0.1) is 21.5 Å². The van der Waals surface area contributed by atoms with Crippen LogP contribution < -0.4 is 10.6 Å². The molecule has 0 aliphatic rings. The van der Waals surface area contributed by atoms with Gasteiger partial charge in [0.05, 0.1) is 6.04 Å². The molecule has 2 aromatic heterocycles. The molecule has 2 heterocycles. The lowest BCUT2D eigenvalue weighted by Gasteiger charge is -2.15. The highest BCUT2D eigenvalue weighted by molar-refractivity contribution is 7.15. The number of anilines is 1. The van der Waals surface area contributed by atoms with Gasteiger partial charge in [0, 0.05) is 11.3 Å². The van der Waals surface area contributed by atoms with Gasteiger partial charge in [-0.1, -0.05) is 54.7 Å². The van der Waals surface area contributed by atoms with Crippen LogP contribution in [0, 0.1) is 0 Å². The summed E-state index contributed by atoms with van der Waals surface area (Å²) in [4.78, 5) is 13.3. The molecule has 0 bridgehead atoms. The molecule has 0 saturated heterocycles. The van der Waals surface area contributed by atoms with Crippen LogP contribution in [0.2, 0.25) is 0 Å². The van der Waals surface area contributed by atoms with Crippen molar-refractivity contribution >= 4 is 33.8 Å². The minimum atomic E-state index is -0.252.